The molecule has 1 aliphatic heterocycles. The van der Waals surface area contributed by atoms with Gasteiger partial charge in [-0.25, -0.2) is 4.98 Å². The first-order valence-corrected chi connectivity index (χ1v) is 5.31. The maximum Gasteiger partial charge on any atom is 0.224 e. The van der Waals surface area contributed by atoms with Crippen molar-refractivity contribution >= 4 is 5.84 Å². The Morgan fingerprint density at radius 1 is 1.50 bits per heavy atom. The molecule has 0 bridgehead atoms. The first-order chi connectivity index (χ1) is 7.77. The van der Waals surface area contributed by atoms with Crippen molar-refractivity contribution in [3.8, 4) is 5.88 Å². The Balaban J connectivity index is 2.10. The Hall–Kier alpha value is -1.62. The summed E-state index contributed by atoms with van der Waals surface area (Å²) in [5.74, 6) is 0.428. The van der Waals surface area contributed by atoms with Crippen LogP contribution in [0.3, 0.4) is 0 Å². The molecule has 1 fully saturated rings. The zero-order valence-electron chi connectivity index (χ0n) is 8.98. The minimum atomic E-state index is -0.0184. The second-order valence-corrected chi connectivity index (χ2v) is 3.70. The van der Waals surface area contributed by atoms with Crippen LogP contribution in [-0.2, 0) is 4.74 Å². The van der Waals surface area contributed by atoms with Crippen LogP contribution >= 0.6 is 0 Å². The summed E-state index contributed by atoms with van der Waals surface area (Å²) in [5, 5.41) is 7.43. The van der Waals surface area contributed by atoms with Crippen molar-refractivity contribution in [2.45, 2.75) is 18.9 Å². The van der Waals surface area contributed by atoms with E-state index in [4.69, 9.17) is 20.6 Å². The van der Waals surface area contributed by atoms with Crippen LogP contribution in [0.1, 0.15) is 18.4 Å². The monoisotopic (exact) mass is 221 g/mol. The normalized spacial score (nSPS) is 17.0. The fourth-order valence-electron chi connectivity index (χ4n) is 1.64. The molecule has 0 amide bonds. The predicted molar refractivity (Wildman–Crippen MR) is 59.7 cm³/mol. The topological polar surface area (TPSA) is 81.2 Å². The van der Waals surface area contributed by atoms with E-state index in [0.717, 1.165) is 12.8 Å². The largest absolute Gasteiger partial charge is 0.474 e. The van der Waals surface area contributed by atoms with Crippen LogP contribution in [0.5, 0.6) is 5.88 Å². The number of hydrogen-bond donors (Lipinski definition) is 2. The second kappa shape index (κ2) is 4.94. The molecule has 0 atom stereocenters. The smallest absolute Gasteiger partial charge is 0.224 e. The number of hydrogen-bond acceptors (Lipinski definition) is 4. The van der Waals surface area contributed by atoms with Gasteiger partial charge in [-0.05, 0) is 12.1 Å². The Bertz CT molecular complexity index is 375. The summed E-state index contributed by atoms with van der Waals surface area (Å²) in [7, 11) is 0. The standard InChI is InChI=1S/C11H15N3O2/c12-10(13)9-2-1-5-14-11(9)16-8-3-6-15-7-4-8/h1-2,5,8H,3-4,6-7H2,(H3,12,13). The third-order valence-corrected chi connectivity index (χ3v) is 2.51. The van der Waals surface area contributed by atoms with Crippen molar-refractivity contribution in [3.63, 3.8) is 0 Å². The van der Waals surface area contributed by atoms with E-state index in [1.54, 1.807) is 18.3 Å². The minimum absolute atomic E-state index is 0.0184. The van der Waals surface area contributed by atoms with Gasteiger partial charge in [-0.15, -0.1) is 0 Å². The molecule has 2 rings (SSSR count). The van der Waals surface area contributed by atoms with E-state index < -0.39 is 0 Å². The zero-order chi connectivity index (χ0) is 11.4. The van der Waals surface area contributed by atoms with Gasteiger partial charge in [-0.2, -0.15) is 0 Å². The molecule has 86 valence electrons. The van der Waals surface area contributed by atoms with Gasteiger partial charge in [0.1, 0.15) is 11.9 Å². The molecule has 1 saturated heterocycles. The zero-order valence-corrected chi connectivity index (χ0v) is 8.98. The molecule has 0 spiro atoms. The number of rotatable bonds is 3. The van der Waals surface area contributed by atoms with Crippen molar-refractivity contribution in [1.29, 1.82) is 5.41 Å². The number of amidine groups is 1. The van der Waals surface area contributed by atoms with E-state index in [1.165, 1.54) is 0 Å². The SMILES string of the molecule is N=C(N)c1cccnc1OC1CCOCC1. The molecule has 1 aromatic heterocycles. The molecular formula is C11H15N3O2. The molecule has 0 saturated carbocycles. The predicted octanol–water partition coefficient (Wildman–Crippen LogP) is 0.923. The number of nitrogens with two attached hydrogens (primary N) is 1. The van der Waals surface area contributed by atoms with Crippen LogP contribution < -0.4 is 10.5 Å². The molecule has 0 aromatic carbocycles. The van der Waals surface area contributed by atoms with Crippen LogP contribution in [0.4, 0.5) is 0 Å². The summed E-state index contributed by atoms with van der Waals surface area (Å²) in [6, 6.07) is 3.48. The highest BCUT2D eigenvalue weighted by atomic mass is 16.5. The van der Waals surface area contributed by atoms with Crippen LogP contribution in [0, 0.1) is 5.41 Å². The third kappa shape index (κ3) is 2.49. The second-order valence-electron chi connectivity index (χ2n) is 3.70. The average molecular weight is 221 g/mol. The Kier molecular flexibility index (Phi) is 3.36. The van der Waals surface area contributed by atoms with Crippen molar-refractivity contribution in [2.24, 2.45) is 5.73 Å². The Labute approximate surface area is 94.1 Å². The van der Waals surface area contributed by atoms with Crippen molar-refractivity contribution in [2.75, 3.05) is 13.2 Å². The fraction of sp³-hybridized carbons (Fsp3) is 0.455. The molecule has 0 unspecified atom stereocenters. The number of nitrogens with one attached hydrogen (secondary N) is 1. The van der Waals surface area contributed by atoms with Crippen molar-refractivity contribution in [3.05, 3.63) is 23.9 Å². The fourth-order valence-corrected chi connectivity index (χ4v) is 1.64. The van der Waals surface area contributed by atoms with Gasteiger partial charge in [0.05, 0.1) is 18.8 Å². The number of nitrogens with zero attached hydrogens (tertiary/aromatic N) is 1. The number of pyridine rings is 1. The number of ether oxygens (including phenoxy) is 2. The lowest BCUT2D eigenvalue weighted by atomic mass is 10.1. The minimum Gasteiger partial charge on any atom is -0.474 e. The third-order valence-electron chi connectivity index (χ3n) is 2.51. The van der Waals surface area contributed by atoms with Gasteiger partial charge in [0, 0.05) is 19.0 Å². The highest BCUT2D eigenvalue weighted by Gasteiger charge is 2.18. The highest BCUT2D eigenvalue weighted by molar-refractivity contribution is 5.96. The molecule has 5 heteroatoms. The van der Waals surface area contributed by atoms with Gasteiger partial charge in [0.2, 0.25) is 5.88 Å². The quantitative estimate of drug-likeness (QED) is 0.587. The van der Waals surface area contributed by atoms with Gasteiger partial charge in [-0.3, -0.25) is 5.41 Å². The maximum absolute atomic E-state index is 7.43. The molecule has 2 heterocycles. The van der Waals surface area contributed by atoms with Crippen molar-refractivity contribution in [1.82, 2.24) is 4.98 Å². The van der Waals surface area contributed by atoms with E-state index >= 15 is 0 Å². The number of nitrogen functional groups attached to an aromatic ring is 1. The average Bonchev–Trinajstić information content (AvgIpc) is 2.31. The van der Waals surface area contributed by atoms with Gasteiger partial charge in [0.15, 0.2) is 0 Å². The molecule has 0 radical (unpaired) electrons. The molecule has 3 N–H and O–H groups in total. The number of aromatic nitrogens is 1. The molecule has 1 aromatic rings. The molecule has 1 aliphatic rings. The summed E-state index contributed by atoms with van der Waals surface area (Å²) < 4.78 is 11.0. The van der Waals surface area contributed by atoms with E-state index in [-0.39, 0.29) is 11.9 Å². The van der Waals surface area contributed by atoms with Crippen LogP contribution in [-0.4, -0.2) is 30.1 Å². The summed E-state index contributed by atoms with van der Waals surface area (Å²) in [6.07, 6.45) is 3.46. The van der Waals surface area contributed by atoms with Gasteiger partial charge in [-0.1, -0.05) is 0 Å². The Morgan fingerprint density at radius 2 is 2.25 bits per heavy atom. The van der Waals surface area contributed by atoms with Crippen LogP contribution in [0.2, 0.25) is 0 Å². The lowest BCUT2D eigenvalue weighted by molar-refractivity contribution is 0.0236. The van der Waals surface area contributed by atoms with E-state index in [9.17, 15) is 0 Å². The summed E-state index contributed by atoms with van der Waals surface area (Å²) in [4.78, 5) is 4.11. The first-order valence-electron chi connectivity index (χ1n) is 5.31. The molecule has 0 aliphatic carbocycles. The van der Waals surface area contributed by atoms with Crippen LogP contribution in [0.25, 0.3) is 0 Å². The molecular weight excluding hydrogens is 206 g/mol. The van der Waals surface area contributed by atoms with E-state index in [0.29, 0.717) is 24.7 Å². The van der Waals surface area contributed by atoms with Gasteiger partial charge >= 0.3 is 0 Å². The first kappa shape index (κ1) is 10.9. The highest BCUT2D eigenvalue weighted by Crippen LogP contribution is 2.19. The lowest BCUT2D eigenvalue weighted by Crippen LogP contribution is -2.27. The van der Waals surface area contributed by atoms with Gasteiger partial charge < -0.3 is 15.2 Å². The molecule has 16 heavy (non-hydrogen) atoms. The van der Waals surface area contributed by atoms with Crippen LogP contribution in [0.15, 0.2) is 18.3 Å². The van der Waals surface area contributed by atoms with Crippen molar-refractivity contribution < 1.29 is 9.47 Å². The molecule has 5 nitrogen and oxygen atoms in total. The Morgan fingerprint density at radius 3 is 2.94 bits per heavy atom. The van der Waals surface area contributed by atoms with E-state index in [1.807, 2.05) is 0 Å². The lowest BCUT2D eigenvalue weighted by Gasteiger charge is -2.23. The summed E-state index contributed by atoms with van der Waals surface area (Å²) >= 11 is 0. The summed E-state index contributed by atoms with van der Waals surface area (Å²) in [6.45, 7) is 1.43. The summed E-state index contributed by atoms with van der Waals surface area (Å²) in [5.41, 5.74) is 6.01. The van der Waals surface area contributed by atoms with Gasteiger partial charge in [0.25, 0.3) is 0 Å². The van der Waals surface area contributed by atoms with E-state index in [2.05, 4.69) is 4.98 Å². The maximum atomic E-state index is 7.43.